The van der Waals surface area contributed by atoms with Gasteiger partial charge in [-0.3, -0.25) is 0 Å². The van der Waals surface area contributed by atoms with E-state index in [0.29, 0.717) is 0 Å². The highest BCUT2D eigenvalue weighted by molar-refractivity contribution is 6.13. The Morgan fingerprint density at radius 2 is 1.38 bits per heavy atom. The second kappa shape index (κ2) is 8.74. The molecular formula is C40H25NO. The molecule has 2 nitrogen and oxygen atoms in total. The monoisotopic (exact) mass is 535 g/mol. The van der Waals surface area contributed by atoms with E-state index in [1.807, 2.05) is 18.2 Å². The molecule has 0 aliphatic heterocycles. The van der Waals surface area contributed by atoms with E-state index in [-0.39, 0.29) is 0 Å². The molecule has 9 rings (SSSR count). The molecule has 2 aromatic heterocycles. The van der Waals surface area contributed by atoms with Gasteiger partial charge in [0.2, 0.25) is 0 Å². The predicted octanol–water partition coefficient (Wildman–Crippen LogP) is 10.1. The topological polar surface area (TPSA) is 18.1 Å². The number of aryl methyl sites for hydroxylation is 2. The molecule has 0 unspecified atom stereocenters. The van der Waals surface area contributed by atoms with Gasteiger partial charge in [-0.25, -0.2) is 0 Å². The zero-order chi connectivity index (χ0) is 27.8. The quantitative estimate of drug-likeness (QED) is 0.201. The van der Waals surface area contributed by atoms with Gasteiger partial charge in [0.15, 0.2) is 0 Å². The number of terminal acetylenes is 1. The second-order valence-corrected chi connectivity index (χ2v) is 11.2. The molecule has 2 heterocycles. The molecule has 8 aromatic rings. The van der Waals surface area contributed by atoms with Crippen LogP contribution in [-0.2, 0) is 12.8 Å². The lowest BCUT2D eigenvalue weighted by Crippen LogP contribution is -2.04. The summed E-state index contributed by atoms with van der Waals surface area (Å²) in [4.78, 5) is 0. The minimum absolute atomic E-state index is 0.862. The van der Waals surface area contributed by atoms with E-state index in [1.165, 1.54) is 44.1 Å². The van der Waals surface area contributed by atoms with Gasteiger partial charge in [-0.15, -0.1) is 6.42 Å². The Balaban J connectivity index is 1.36. The first-order valence-corrected chi connectivity index (χ1v) is 14.4. The van der Waals surface area contributed by atoms with Crippen molar-refractivity contribution in [2.45, 2.75) is 12.8 Å². The number of para-hydroxylation sites is 2. The van der Waals surface area contributed by atoms with Crippen LogP contribution in [0.15, 0.2) is 126 Å². The summed E-state index contributed by atoms with van der Waals surface area (Å²) in [6, 6.07) is 43.3. The summed E-state index contributed by atoms with van der Waals surface area (Å²) < 4.78 is 8.56. The van der Waals surface area contributed by atoms with E-state index in [2.05, 4.69) is 114 Å². The first-order chi connectivity index (χ1) is 20.8. The average molecular weight is 536 g/mol. The third-order valence-electron chi connectivity index (χ3n) is 8.99. The number of benzene rings is 6. The highest BCUT2D eigenvalue weighted by Gasteiger charge is 2.23. The molecule has 0 bridgehead atoms. The van der Waals surface area contributed by atoms with Crippen LogP contribution in [0.3, 0.4) is 0 Å². The molecule has 42 heavy (non-hydrogen) atoms. The number of rotatable bonds is 2. The third kappa shape index (κ3) is 3.22. The third-order valence-corrected chi connectivity index (χ3v) is 8.99. The Morgan fingerprint density at radius 3 is 2.31 bits per heavy atom. The summed E-state index contributed by atoms with van der Waals surface area (Å²) >= 11 is 0. The molecule has 1 aliphatic rings. The van der Waals surface area contributed by atoms with Gasteiger partial charge in [0.1, 0.15) is 11.2 Å². The Labute approximate surface area is 243 Å². The normalized spacial score (nSPS) is 12.5. The molecule has 0 amide bonds. The number of nitrogens with zero attached hydrogens (tertiary/aromatic N) is 1. The maximum absolute atomic E-state index is 6.14. The zero-order valence-corrected chi connectivity index (χ0v) is 22.9. The minimum Gasteiger partial charge on any atom is -0.456 e. The molecule has 196 valence electrons. The lowest BCUT2D eigenvalue weighted by atomic mass is 9.83. The van der Waals surface area contributed by atoms with E-state index in [4.69, 9.17) is 10.8 Å². The molecular weight excluding hydrogens is 510 g/mol. The molecule has 0 atom stereocenters. The van der Waals surface area contributed by atoms with Crippen molar-refractivity contribution in [3.8, 4) is 40.3 Å². The van der Waals surface area contributed by atoms with Crippen LogP contribution in [0, 0.1) is 12.3 Å². The Bertz CT molecular complexity index is 2430. The van der Waals surface area contributed by atoms with Crippen molar-refractivity contribution >= 4 is 43.7 Å². The summed E-state index contributed by atoms with van der Waals surface area (Å²) in [5.41, 5.74) is 14.0. The highest BCUT2D eigenvalue weighted by Crippen LogP contribution is 2.44. The van der Waals surface area contributed by atoms with E-state index < -0.39 is 0 Å². The SMILES string of the molecule is C#Cc1ccc(-c2ccc3oc4ccccc4c3c2)c(-n2c3ccccc3c3c4c(ccc32)-c2ccccc2CC4)c1. The largest absolute Gasteiger partial charge is 0.456 e. The Hall–Kier alpha value is -5.52. The highest BCUT2D eigenvalue weighted by atomic mass is 16.3. The number of aromatic nitrogens is 1. The van der Waals surface area contributed by atoms with Crippen LogP contribution >= 0.6 is 0 Å². The van der Waals surface area contributed by atoms with Crippen molar-refractivity contribution in [3.63, 3.8) is 0 Å². The molecule has 6 aromatic carbocycles. The summed E-state index contributed by atoms with van der Waals surface area (Å²) in [6.07, 6.45) is 8.05. The van der Waals surface area contributed by atoms with Crippen molar-refractivity contribution in [2.24, 2.45) is 0 Å². The van der Waals surface area contributed by atoms with Crippen LogP contribution in [-0.4, -0.2) is 4.57 Å². The number of fused-ring (bicyclic) bond motifs is 10. The van der Waals surface area contributed by atoms with Gasteiger partial charge in [0.25, 0.3) is 0 Å². The smallest absolute Gasteiger partial charge is 0.135 e. The van der Waals surface area contributed by atoms with E-state index in [0.717, 1.165) is 57.2 Å². The van der Waals surface area contributed by atoms with Gasteiger partial charge in [0.05, 0.1) is 16.7 Å². The van der Waals surface area contributed by atoms with E-state index in [9.17, 15) is 0 Å². The van der Waals surface area contributed by atoms with Crippen molar-refractivity contribution in [1.82, 2.24) is 4.57 Å². The van der Waals surface area contributed by atoms with E-state index >= 15 is 0 Å². The fraction of sp³-hybridized carbons (Fsp3) is 0.0500. The predicted molar refractivity (Wildman–Crippen MR) is 174 cm³/mol. The second-order valence-electron chi connectivity index (χ2n) is 11.2. The number of furan rings is 1. The van der Waals surface area contributed by atoms with Crippen molar-refractivity contribution in [3.05, 3.63) is 138 Å². The Kier molecular flexibility index (Phi) is 4.83. The standard InChI is InChI=1S/C40H25NO/c1-2-25-15-18-29(27-17-22-39-34(24-27)31-11-6-8-14-38(31)42-39)37(23-25)41-35-13-7-5-12-33(35)40-32-19-16-26-9-3-4-10-28(26)30(32)20-21-36(40)41/h1,3-15,17-18,20-24H,16,19H2. The molecule has 0 saturated heterocycles. The molecule has 0 saturated carbocycles. The first-order valence-electron chi connectivity index (χ1n) is 14.4. The van der Waals surface area contributed by atoms with Crippen LogP contribution in [0.2, 0.25) is 0 Å². The van der Waals surface area contributed by atoms with Crippen LogP contribution < -0.4 is 0 Å². The maximum atomic E-state index is 6.14. The van der Waals surface area contributed by atoms with Gasteiger partial charge in [-0.05, 0) is 83.1 Å². The minimum atomic E-state index is 0.862. The van der Waals surface area contributed by atoms with Gasteiger partial charge in [0, 0.05) is 32.7 Å². The summed E-state index contributed by atoms with van der Waals surface area (Å²) in [5.74, 6) is 2.89. The number of hydrogen-bond acceptors (Lipinski definition) is 1. The lowest BCUT2D eigenvalue weighted by molar-refractivity contribution is 0.669. The van der Waals surface area contributed by atoms with Crippen molar-refractivity contribution in [1.29, 1.82) is 0 Å². The summed E-state index contributed by atoms with van der Waals surface area (Å²) in [7, 11) is 0. The van der Waals surface area contributed by atoms with Crippen LogP contribution in [0.25, 0.3) is 71.7 Å². The summed E-state index contributed by atoms with van der Waals surface area (Å²) in [6.45, 7) is 0. The van der Waals surface area contributed by atoms with Gasteiger partial charge >= 0.3 is 0 Å². The Morgan fingerprint density at radius 1 is 0.595 bits per heavy atom. The molecule has 0 fully saturated rings. The molecule has 0 radical (unpaired) electrons. The maximum Gasteiger partial charge on any atom is 0.135 e. The first kappa shape index (κ1) is 23.2. The van der Waals surface area contributed by atoms with E-state index in [1.54, 1.807) is 0 Å². The number of hydrogen-bond donors (Lipinski definition) is 0. The van der Waals surface area contributed by atoms with Crippen LogP contribution in [0.1, 0.15) is 16.7 Å². The molecule has 0 spiro atoms. The molecule has 0 N–H and O–H groups in total. The van der Waals surface area contributed by atoms with Crippen LogP contribution in [0.4, 0.5) is 0 Å². The van der Waals surface area contributed by atoms with Gasteiger partial charge in [-0.2, -0.15) is 0 Å². The molecule has 2 heteroatoms. The average Bonchev–Trinajstić information content (AvgIpc) is 3.60. The van der Waals surface area contributed by atoms with Gasteiger partial charge in [-0.1, -0.05) is 84.8 Å². The van der Waals surface area contributed by atoms with Crippen molar-refractivity contribution < 1.29 is 4.42 Å². The zero-order valence-electron chi connectivity index (χ0n) is 22.9. The van der Waals surface area contributed by atoms with Crippen LogP contribution in [0.5, 0.6) is 0 Å². The van der Waals surface area contributed by atoms with Gasteiger partial charge < -0.3 is 8.98 Å². The summed E-state index contributed by atoms with van der Waals surface area (Å²) in [5, 5.41) is 4.85. The van der Waals surface area contributed by atoms with Crippen molar-refractivity contribution in [2.75, 3.05) is 0 Å². The lowest BCUT2D eigenvalue weighted by Gasteiger charge is -2.21. The molecule has 1 aliphatic carbocycles. The fourth-order valence-electron chi connectivity index (χ4n) is 7.11. The fourth-order valence-corrected chi connectivity index (χ4v) is 7.11.